The lowest BCUT2D eigenvalue weighted by molar-refractivity contribution is 0.787. The minimum atomic E-state index is 0.334. The molecule has 0 spiro atoms. The molecule has 0 radical (unpaired) electrons. The first-order valence-electron chi connectivity index (χ1n) is 5.18. The lowest BCUT2D eigenvalue weighted by Crippen LogP contribution is -2.08. The van der Waals surface area contributed by atoms with Crippen molar-refractivity contribution in [2.75, 3.05) is 0 Å². The summed E-state index contributed by atoms with van der Waals surface area (Å²) in [4.78, 5) is 12.6. The highest BCUT2D eigenvalue weighted by atomic mass is 15.3. The van der Waals surface area contributed by atoms with Crippen molar-refractivity contribution in [3.05, 3.63) is 42.7 Å². The zero-order valence-corrected chi connectivity index (χ0v) is 8.98. The summed E-state index contributed by atoms with van der Waals surface area (Å²) in [6.07, 6.45) is 4.95. The number of hydrogen-bond acceptors (Lipinski definition) is 5. The summed E-state index contributed by atoms with van der Waals surface area (Å²) in [5.74, 6) is 0.696. The Morgan fingerprint density at radius 2 is 2.12 bits per heavy atom. The minimum absolute atomic E-state index is 0.334. The van der Waals surface area contributed by atoms with Gasteiger partial charge in [-0.1, -0.05) is 0 Å². The number of fused-ring (bicyclic) bond motifs is 1. The normalized spacial score (nSPS) is 10.9. The van der Waals surface area contributed by atoms with E-state index in [9.17, 15) is 0 Å². The van der Waals surface area contributed by atoms with Gasteiger partial charge in [-0.25, -0.2) is 9.67 Å². The maximum atomic E-state index is 5.59. The first-order chi connectivity index (χ1) is 8.38. The third-order valence-corrected chi connectivity index (χ3v) is 2.48. The van der Waals surface area contributed by atoms with Crippen LogP contribution in [0.1, 0.15) is 5.82 Å². The molecule has 0 aliphatic carbocycles. The molecule has 17 heavy (non-hydrogen) atoms. The molecule has 6 nitrogen and oxygen atoms in total. The summed E-state index contributed by atoms with van der Waals surface area (Å²) in [5, 5.41) is 4.12. The molecule has 0 unspecified atom stereocenters. The van der Waals surface area contributed by atoms with Crippen LogP contribution in [-0.2, 0) is 6.54 Å². The Hall–Kier alpha value is -2.34. The average Bonchev–Trinajstić information content (AvgIpc) is 2.86. The van der Waals surface area contributed by atoms with Gasteiger partial charge < -0.3 is 5.73 Å². The highest BCUT2D eigenvalue weighted by Gasteiger charge is 2.06. The molecule has 3 rings (SSSR count). The third kappa shape index (κ3) is 1.64. The Labute approximate surface area is 97.1 Å². The number of pyridine rings is 2. The van der Waals surface area contributed by atoms with E-state index in [0.29, 0.717) is 12.4 Å². The van der Waals surface area contributed by atoms with Gasteiger partial charge in [-0.2, -0.15) is 5.10 Å². The van der Waals surface area contributed by atoms with Crippen LogP contribution in [0.15, 0.2) is 36.9 Å². The van der Waals surface area contributed by atoms with E-state index in [4.69, 9.17) is 5.73 Å². The number of hydrogen-bond donors (Lipinski definition) is 1. The third-order valence-electron chi connectivity index (χ3n) is 2.48. The monoisotopic (exact) mass is 226 g/mol. The number of rotatable bonds is 2. The highest BCUT2D eigenvalue weighted by Crippen LogP contribution is 2.13. The van der Waals surface area contributed by atoms with Gasteiger partial charge >= 0.3 is 0 Å². The Bertz CT molecular complexity index is 660. The van der Waals surface area contributed by atoms with Crippen LogP contribution in [0, 0.1) is 0 Å². The van der Waals surface area contributed by atoms with Gasteiger partial charge in [0.2, 0.25) is 0 Å². The quantitative estimate of drug-likeness (QED) is 0.694. The van der Waals surface area contributed by atoms with Crippen LogP contribution in [0.5, 0.6) is 0 Å². The van der Waals surface area contributed by atoms with Crippen LogP contribution < -0.4 is 5.73 Å². The van der Waals surface area contributed by atoms with E-state index in [1.54, 1.807) is 17.1 Å². The van der Waals surface area contributed by atoms with Crippen LogP contribution in [0.2, 0.25) is 0 Å². The minimum Gasteiger partial charge on any atom is -0.324 e. The summed E-state index contributed by atoms with van der Waals surface area (Å²) in [7, 11) is 0. The molecule has 0 saturated carbocycles. The predicted molar refractivity (Wildman–Crippen MR) is 62.3 cm³/mol. The van der Waals surface area contributed by atoms with Crippen LogP contribution in [0.3, 0.4) is 0 Å². The van der Waals surface area contributed by atoms with Crippen LogP contribution in [0.4, 0.5) is 0 Å². The van der Waals surface area contributed by atoms with Crippen molar-refractivity contribution >= 4 is 11.0 Å². The molecule has 3 aromatic rings. The Kier molecular flexibility index (Phi) is 2.27. The van der Waals surface area contributed by atoms with E-state index in [0.717, 1.165) is 16.7 Å². The van der Waals surface area contributed by atoms with Crippen molar-refractivity contribution in [2.24, 2.45) is 5.73 Å². The fourth-order valence-corrected chi connectivity index (χ4v) is 1.68. The number of nitrogens with two attached hydrogens (primary N) is 1. The van der Waals surface area contributed by atoms with E-state index in [-0.39, 0.29) is 0 Å². The lowest BCUT2D eigenvalue weighted by Gasteiger charge is -2.04. The molecule has 6 heteroatoms. The molecule has 3 aromatic heterocycles. The second kappa shape index (κ2) is 3.91. The van der Waals surface area contributed by atoms with Gasteiger partial charge in [-0.05, 0) is 18.2 Å². The molecule has 0 saturated heterocycles. The SMILES string of the molecule is NCc1ncnn1-c1cnc2cccnc2c1. The summed E-state index contributed by atoms with van der Waals surface area (Å²) >= 11 is 0. The first-order valence-corrected chi connectivity index (χ1v) is 5.18. The standard InChI is InChI=1S/C11H10N6/c12-5-11-15-7-16-17(11)8-4-10-9(14-6-8)2-1-3-13-10/h1-4,6-7H,5,12H2. The number of nitrogens with zero attached hydrogens (tertiary/aromatic N) is 5. The predicted octanol–water partition coefficient (Wildman–Crippen LogP) is 0.669. The van der Waals surface area contributed by atoms with Gasteiger partial charge in [0.05, 0.1) is 29.5 Å². The molecule has 0 aromatic carbocycles. The van der Waals surface area contributed by atoms with Crippen molar-refractivity contribution in [1.29, 1.82) is 0 Å². The molecule has 3 heterocycles. The topological polar surface area (TPSA) is 82.5 Å². The fourth-order valence-electron chi connectivity index (χ4n) is 1.68. The van der Waals surface area contributed by atoms with Gasteiger partial charge in [0.1, 0.15) is 12.2 Å². The Morgan fingerprint density at radius 1 is 1.18 bits per heavy atom. The average molecular weight is 226 g/mol. The maximum absolute atomic E-state index is 5.59. The van der Waals surface area contributed by atoms with Gasteiger partial charge in [0.15, 0.2) is 0 Å². The highest BCUT2D eigenvalue weighted by molar-refractivity contribution is 5.75. The van der Waals surface area contributed by atoms with E-state index in [2.05, 4.69) is 20.1 Å². The molecular formula is C11H10N6. The van der Waals surface area contributed by atoms with Crippen LogP contribution in [-0.4, -0.2) is 24.7 Å². The molecule has 0 atom stereocenters. The lowest BCUT2D eigenvalue weighted by atomic mass is 10.3. The van der Waals surface area contributed by atoms with Crippen molar-refractivity contribution in [3.8, 4) is 5.69 Å². The molecule has 0 amide bonds. The second-order valence-electron chi connectivity index (χ2n) is 3.53. The van der Waals surface area contributed by atoms with Crippen LogP contribution >= 0.6 is 0 Å². The molecule has 0 bridgehead atoms. The van der Waals surface area contributed by atoms with Gasteiger partial charge in [0.25, 0.3) is 0 Å². The van der Waals surface area contributed by atoms with E-state index >= 15 is 0 Å². The molecule has 84 valence electrons. The van der Waals surface area contributed by atoms with E-state index < -0.39 is 0 Å². The van der Waals surface area contributed by atoms with Gasteiger partial charge in [0, 0.05) is 6.20 Å². The first kappa shape index (κ1) is 9.86. The molecule has 2 N–H and O–H groups in total. The smallest absolute Gasteiger partial charge is 0.146 e. The summed E-state index contributed by atoms with van der Waals surface area (Å²) < 4.78 is 1.67. The maximum Gasteiger partial charge on any atom is 0.146 e. The van der Waals surface area contributed by atoms with Crippen LogP contribution in [0.25, 0.3) is 16.7 Å². The summed E-state index contributed by atoms with van der Waals surface area (Å²) in [5.41, 5.74) is 8.07. The molecule has 0 aliphatic heterocycles. The summed E-state index contributed by atoms with van der Waals surface area (Å²) in [6, 6.07) is 5.68. The summed E-state index contributed by atoms with van der Waals surface area (Å²) in [6.45, 7) is 0.334. The van der Waals surface area contributed by atoms with Crippen molar-refractivity contribution < 1.29 is 0 Å². The number of aromatic nitrogens is 5. The van der Waals surface area contributed by atoms with E-state index in [1.165, 1.54) is 6.33 Å². The van der Waals surface area contributed by atoms with Crippen molar-refractivity contribution in [1.82, 2.24) is 24.7 Å². The zero-order chi connectivity index (χ0) is 11.7. The second-order valence-corrected chi connectivity index (χ2v) is 3.53. The van der Waals surface area contributed by atoms with Crippen molar-refractivity contribution in [2.45, 2.75) is 6.54 Å². The largest absolute Gasteiger partial charge is 0.324 e. The fraction of sp³-hybridized carbons (Fsp3) is 0.0909. The molecular weight excluding hydrogens is 216 g/mol. The Morgan fingerprint density at radius 3 is 3.00 bits per heavy atom. The zero-order valence-electron chi connectivity index (χ0n) is 8.98. The van der Waals surface area contributed by atoms with Gasteiger partial charge in [-0.15, -0.1) is 0 Å². The molecule has 0 aliphatic rings. The van der Waals surface area contributed by atoms with E-state index in [1.807, 2.05) is 18.2 Å². The Balaban J connectivity index is 2.18. The molecule has 0 fully saturated rings. The van der Waals surface area contributed by atoms with Gasteiger partial charge in [-0.3, -0.25) is 9.97 Å². The van der Waals surface area contributed by atoms with Crippen molar-refractivity contribution in [3.63, 3.8) is 0 Å².